The molecule has 0 saturated carbocycles. The molecular weight excluding hydrogens is 351 g/mol. The summed E-state index contributed by atoms with van der Waals surface area (Å²) in [6, 6.07) is 2.85. The van der Waals surface area contributed by atoms with E-state index in [1.54, 1.807) is 10.6 Å². The number of carbonyl (C=O) groups is 1. The zero-order valence-electron chi connectivity index (χ0n) is 15.5. The Labute approximate surface area is 157 Å². The number of morpholine rings is 1. The predicted octanol–water partition coefficient (Wildman–Crippen LogP) is 3.26. The van der Waals surface area contributed by atoms with Gasteiger partial charge in [0.05, 0.1) is 24.4 Å². The number of hydrogen-bond donors (Lipinski definition) is 1. The van der Waals surface area contributed by atoms with Crippen molar-refractivity contribution in [2.75, 3.05) is 31.2 Å². The Morgan fingerprint density at radius 2 is 1.96 bits per heavy atom. The minimum absolute atomic E-state index is 0.111. The average Bonchev–Trinajstić information content (AvgIpc) is 2.67. The molecule has 2 heterocycles. The van der Waals surface area contributed by atoms with Gasteiger partial charge in [0.1, 0.15) is 11.4 Å². The Balaban J connectivity index is 2.09. The van der Waals surface area contributed by atoms with E-state index < -0.39 is 17.2 Å². The van der Waals surface area contributed by atoms with Gasteiger partial charge in [0.25, 0.3) is 0 Å². The molecule has 1 aromatic carbocycles. The zero-order valence-corrected chi connectivity index (χ0v) is 15.5. The summed E-state index contributed by atoms with van der Waals surface area (Å²) in [6.45, 7) is 4.92. The predicted molar refractivity (Wildman–Crippen MR) is 102 cm³/mol. The number of nitrogens with zero attached hydrogens (tertiary/aromatic N) is 2. The van der Waals surface area contributed by atoms with Crippen LogP contribution in [0.2, 0.25) is 0 Å². The van der Waals surface area contributed by atoms with Crippen molar-refractivity contribution in [3.05, 3.63) is 39.9 Å². The van der Waals surface area contributed by atoms with E-state index in [9.17, 15) is 19.1 Å². The Morgan fingerprint density at radius 3 is 2.63 bits per heavy atom. The van der Waals surface area contributed by atoms with Crippen molar-refractivity contribution >= 4 is 22.6 Å². The quantitative estimate of drug-likeness (QED) is 0.751. The topological polar surface area (TPSA) is 71.8 Å². The van der Waals surface area contributed by atoms with Crippen molar-refractivity contribution < 1.29 is 19.0 Å². The van der Waals surface area contributed by atoms with Crippen LogP contribution < -0.4 is 10.3 Å². The largest absolute Gasteiger partial charge is 0.477 e. The molecule has 0 amide bonds. The van der Waals surface area contributed by atoms with E-state index in [2.05, 4.69) is 6.92 Å². The molecule has 3 rings (SSSR count). The lowest BCUT2D eigenvalue weighted by Crippen LogP contribution is -2.36. The minimum Gasteiger partial charge on any atom is -0.477 e. The molecule has 1 aromatic heterocycles. The fourth-order valence-corrected chi connectivity index (χ4v) is 3.49. The van der Waals surface area contributed by atoms with Gasteiger partial charge < -0.3 is 19.3 Å². The summed E-state index contributed by atoms with van der Waals surface area (Å²) in [5.74, 6) is -1.80. The number of aryl methyl sites for hydroxylation is 1. The zero-order chi connectivity index (χ0) is 19.4. The Morgan fingerprint density at radius 1 is 1.22 bits per heavy atom. The van der Waals surface area contributed by atoms with Crippen molar-refractivity contribution in [2.24, 2.45) is 0 Å². The van der Waals surface area contributed by atoms with Gasteiger partial charge in [-0.2, -0.15) is 0 Å². The first kappa shape index (κ1) is 19.4. The van der Waals surface area contributed by atoms with E-state index in [4.69, 9.17) is 4.74 Å². The molecule has 0 spiro atoms. The maximum atomic E-state index is 14.7. The molecule has 1 aliphatic rings. The number of benzene rings is 1. The first-order chi connectivity index (χ1) is 13.0. The van der Waals surface area contributed by atoms with E-state index in [-0.39, 0.29) is 10.9 Å². The number of hydrogen-bond acceptors (Lipinski definition) is 4. The monoisotopic (exact) mass is 376 g/mol. The number of fused-ring (bicyclic) bond motifs is 1. The molecule has 1 N–H and O–H groups in total. The van der Waals surface area contributed by atoms with Gasteiger partial charge in [-0.15, -0.1) is 0 Å². The first-order valence-electron chi connectivity index (χ1n) is 9.45. The van der Waals surface area contributed by atoms with E-state index in [0.717, 1.165) is 25.7 Å². The third kappa shape index (κ3) is 4.13. The molecule has 0 bridgehead atoms. The van der Waals surface area contributed by atoms with Crippen molar-refractivity contribution in [3.63, 3.8) is 0 Å². The highest BCUT2D eigenvalue weighted by molar-refractivity contribution is 5.93. The SMILES string of the molecule is CCCCCCn1cc(C(=O)O)c(=O)c2cc(F)c(N3CCOCC3)cc21. The summed E-state index contributed by atoms with van der Waals surface area (Å²) in [6.07, 6.45) is 5.47. The normalized spacial score (nSPS) is 14.7. The summed E-state index contributed by atoms with van der Waals surface area (Å²) in [5, 5.41) is 9.47. The van der Waals surface area contributed by atoms with E-state index in [1.807, 2.05) is 4.90 Å². The van der Waals surface area contributed by atoms with Gasteiger partial charge in [-0.05, 0) is 18.6 Å². The highest BCUT2D eigenvalue weighted by atomic mass is 19.1. The van der Waals surface area contributed by atoms with Crippen LogP contribution in [-0.4, -0.2) is 41.9 Å². The Bertz CT molecular complexity index is 888. The van der Waals surface area contributed by atoms with Gasteiger partial charge in [0.2, 0.25) is 5.43 Å². The van der Waals surface area contributed by atoms with Crippen molar-refractivity contribution in [2.45, 2.75) is 39.2 Å². The molecule has 1 aliphatic heterocycles. The lowest BCUT2D eigenvalue weighted by atomic mass is 10.1. The highest BCUT2D eigenvalue weighted by Gasteiger charge is 2.20. The van der Waals surface area contributed by atoms with Crippen LogP contribution in [0.5, 0.6) is 0 Å². The minimum atomic E-state index is -1.29. The number of pyridine rings is 1. The van der Waals surface area contributed by atoms with Gasteiger partial charge in [0.15, 0.2) is 0 Å². The van der Waals surface area contributed by atoms with Gasteiger partial charge in [-0.25, -0.2) is 9.18 Å². The molecule has 0 unspecified atom stereocenters. The molecular formula is C20H25FN2O4. The van der Waals surface area contributed by atoms with Crippen LogP contribution in [0.3, 0.4) is 0 Å². The summed E-state index contributed by atoms with van der Waals surface area (Å²) in [5.41, 5.74) is 0.0335. The summed E-state index contributed by atoms with van der Waals surface area (Å²) < 4.78 is 21.8. The summed E-state index contributed by atoms with van der Waals surface area (Å²) in [4.78, 5) is 25.9. The third-order valence-electron chi connectivity index (χ3n) is 4.98. The second kappa shape index (κ2) is 8.52. The number of anilines is 1. The van der Waals surface area contributed by atoms with Crippen molar-refractivity contribution in [1.82, 2.24) is 4.57 Å². The molecule has 6 nitrogen and oxygen atoms in total. The summed E-state index contributed by atoms with van der Waals surface area (Å²) >= 11 is 0. The molecule has 2 aromatic rings. The number of rotatable bonds is 7. The van der Waals surface area contributed by atoms with Crippen molar-refractivity contribution in [1.29, 1.82) is 0 Å². The lowest BCUT2D eigenvalue weighted by Gasteiger charge is -2.29. The molecule has 0 aliphatic carbocycles. The number of ether oxygens (including phenoxy) is 1. The second-order valence-electron chi connectivity index (χ2n) is 6.85. The highest BCUT2D eigenvalue weighted by Crippen LogP contribution is 2.26. The average molecular weight is 376 g/mol. The maximum Gasteiger partial charge on any atom is 0.341 e. The number of aromatic nitrogens is 1. The fourth-order valence-electron chi connectivity index (χ4n) is 3.49. The number of carboxylic acid groups (broad SMARTS) is 1. The lowest BCUT2D eigenvalue weighted by molar-refractivity contribution is 0.0694. The van der Waals surface area contributed by atoms with Crippen LogP contribution in [-0.2, 0) is 11.3 Å². The van der Waals surface area contributed by atoms with E-state index in [0.29, 0.717) is 44.1 Å². The van der Waals surface area contributed by atoms with Crippen LogP contribution in [0.25, 0.3) is 10.9 Å². The Hall–Kier alpha value is -2.41. The molecule has 1 saturated heterocycles. The smallest absolute Gasteiger partial charge is 0.341 e. The maximum absolute atomic E-state index is 14.7. The number of unbranched alkanes of at least 4 members (excludes halogenated alkanes) is 3. The van der Waals surface area contributed by atoms with Crippen LogP contribution in [0.15, 0.2) is 23.1 Å². The standard InChI is InChI=1S/C20H25FN2O4/c1-2-3-4-5-6-23-13-15(20(25)26)19(24)14-11-16(21)18(12-17(14)23)22-7-9-27-10-8-22/h11-13H,2-10H2,1H3,(H,25,26). The Kier molecular flexibility index (Phi) is 6.11. The van der Waals surface area contributed by atoms with Crippen LogP contribution in [0, 0.1) is 5.82 Å². The van der Waals surface area contributed by atoms with Gasteiger partial charge in [-0.3, -0.25) is 4.79 Å². The van der Waals surface area contributed by atoms with Gasteiger partial charge in [-0.1, -0.05) is 26.2 Å². The summed E-state index contributed by atoms with van der Waals surface area (Å²) in [7, 11) is 0. The van der Waals surface area contributed by atoms with Crippen molar-refractivity contribution in [3.8, 4) is 0 Å². The molecule has 7 heteroatoms. The first-order valence-corrected chi connectivity index (χ1v) is 9.45. The third-order valence-corrected chi connectivity index (χ3v) is 4.98. The van der Waals surface area contributed by atoms with Crippen LogP contribution in [0.1, 0.15) is 43.0 Å². The second-order valence-corrected chi connectivity index (χ2v) is 6.85. The molecule has 0 atom stereocenters. The van der Waals surface area contributed by atoms with E-state index in [1.165, 1.54) is 12.3 Å². The molecule has 146 valence electrons. The molecule has 0 radical (unpaired) electrons. The van der Waals surface area contributed by atoms with Gasteiger partial charge in [0, 0.05) is 31.2 Å². The van der Waals surface area contributed by atoms with Crippen LogP contribution >= 0.6 is 0 Å². The van der Waals surface area contributed by atoms with Crippen LogP contribution in [0.4, 0.5) is 10.1 Å². The number of halogens is 1. The number of aromatic carboxylic acids is 1. The number of carboxylic acids is 1. The van der Waals surface area contributed by atoms with Gasteiger partial charge >= 0.3 is 5.97 Å². The fraction of sp³-hybridized carbons (Fsp3) is 0.500. The van der Waals surface area contributed by atoms with E-state index >= 15 is 0 Å². The molecule has 1 fully saturated rings. The molecule has 27 heavy (non-hydrogen) atoms.